The summed E-state index contributed by atoms with van der Waals surface area (Å²) in [5.74, 6) is 1.27. The average Bonchev–Trinajstić information content (AvgIpc) is 3.46. The Morgan fingerprint density at radius 1 is 1.08 bits per heavy atom. The van der Waals surface area contributed by atoms with Gasteiger partial charge in [0.2, 0.25) is 5.95 Å². The molecule has 39 heavy (non-hydrogen) atoms. The van der Waals surface area contributed by atoms with Crippen molar-refractivity contribution < 1.29 is 4.79 Å². The molecule has 2 aromatic carbocycles. The molecule has 0 aliphatic carbocycles. The number of aromatic nitrogens is 2. The highest BCUT2D eigenvalue weighted by Gasteiger charge is 2.19. The molecule has 0 radical (unpaired) electrons. The van der Waals surface area contributed by atoms with Gasteiger partial charge in [0.15, 0.2) is 0 Å². The predicted molar refractivity (Wildman–Crippen MR) is 164 cm³/mol. The van der Waals surface area contributed by atoms with Crippen molar-refractivity contribution in [1.82, 2.24) is 20.2 Å². The molecule has 1 aliphatic heterocycles. The van der Waals surface area contributed by atoms with Gasteiger partial charge in [0.25, 0.3) is 5.91 Å². The molecule has 1 saturated heterocycles. The first kappa shape index (κ1) is 27.4. The number of anilines is 2. The van der Waals surface area contributed by atoms with Crippen LogP contribution in [0.1, 0.15) is 58.8 Å². The summed E-state index contributed by atoms with van der Waals surface area (Å²) in [5, 5.41) is 5.94. The number of thiol groups is 1. The third-order valence-electron chi connectivity index (χ3n) is 7.11. The Balaban J connectivity index is 1.20. The Morgan fingerprint density at radius 2 is 1.90 bits per heavy atom. The fourth-order valence-corrected chi connectivity index (χ4v) is 6.21. The summed E-state index contributed by atoms with van der Waals surface area (Å²) in [6.07, 6.45) is 7.00. The van der Waals surface area contributed by atoms with E-state index in [2.05, 4.69) is 58.3 Å². The van der Waals surface area contributed by atoms with Crippen molar-refractivity contribution in [2.45, 2.75) is 44.5 Å². The minimum atomic E-state index is -0.372. The van der Waals surface area contributed by atoms with Crippen molar-refractivity contribution in [3.05, 3.63) is 95.0 Å². The number of rotatable bonds is 10. The van der Waals surface area contributed by atoms with Gasteiger partial charge in [0.05, 0.1) is 20.8 Å². The lowest BCUT2D eigenvalue weighted by atomic mass is 9.92. The Kier molecular flexibility index (Phi) is 9.29. The van der Waals surface area contributed by atoms with E-state index >= 15 is 0 Å². The number of nitrogens with one attached hydrogen (secondary N) is 2. The highest BCUT2D eigenvalue weighted by atomic mass is 32.1. The van der Waals surface area contributed by atoms with Crippen LogP contribution in [0.15, 0.2) is 79.0 Å². The van der Waals surface area contributed by atoms with Crippen LogP contribution in [0, 0.1) is 5.92 Å². The summed E-state index contributed by atoms with van der Waals surface area (Å²) in [5.41, 5.74) is 3.97. The van der Waals surface area contributed by atoms with Crippen molar-refractivity contribution in [3.63, 3.8) is 0 Å². The monoisotopic (exact) mass is 557 g/mol. The van der Waals surface area contributed by atoms with E-state index in [0.717, 1.165) is 34.3 Å². The Labute approximate surface area is 240 Å². The molecular weight excluding hydrogens is 523 g/mol. The number of likely N-dealkylation sites (tertiary alicyclic amines) is 1. The van der Waals surface area contributed by atoms with Gasteiger partial charge in [-0.3, -0.25) is 9.69 Å². The van der Waals surface area contributed by atoms with Crippen LogP contribution in [0.5, 0.6) is 0 Å². The molecule has 2 N–H and O–H groups in total. The molecule has 0 bridgehead atoms. The van der Waals surface area contributed by atoms with Crippen molar-refractivity contribution in [1.29, 1.82) is 0 Å². The summed E-state index contributed by atoms with van der Waals surface area (Å²) in [7, 11) is 0. The fourth-order valence-electron chi connectivity index (χ4n) is 5.04. The van der Waals surface area contributed by atoms with Crippen LogP contribution in [0.3, 0.4) is 0 Å². The molecule has 2 aromatic heterocycles. The van der Waals surface area contributed by atoms with Crippen LogP contribution in [0.4, 0.5) is 11.6 Å². The average molecular weight is 558 g/mol. The quantitative estimate of drug-likeness (QED) is 0.141. The van der Waals surface area contributed by atoms with E-state index in [4.69, 9.17) is 4.98 Å². The van der Waals surface area contributed by atoms with Gasteiger partial charge in [-0.15, -0.1) is 24.0 Å². The van der Waals surface area contributed by atoms with Gasteiger partial charge < -0.3 is 10.6 Å². The zero-order valence-electron chi connectivity index (χ0n) is 22.2. The van der Waals surface area contributed by atoms with Gasteiger partial charge in [0, 0.05) is 18.4 Å². The molecule has 1 atom stereocenters. The molecule has 202 valence electrons. The number of nitrogens with zero attached hydrogens (tertiary/aromatic N) is 3. The molecule has 6 nitrogen and oxygen atoms in total. The highest BCUT2D eigenvalue weighted by molar-refractivity contribution is 7.80. The van der Waals surface area contributed by atoms with Gasteiger partial charge in [-0.05, 0) is 73.3 Å². The summed E-state index contributed by atoms with van der Waals surface area (Å²) >= 11 is 5.94. The number of hydrogen-bond donors (Lipinski definition) is 3. The molecule has 0 spiro atoms. The number of amides is 1. The van der Waals surface area contributed by atoms with Crippen molar-refractivity contribution in [2.75, 3.05) is 18.4 Å². The second-order valence-corrected chi connectivity index (χ2v) is 11.6. The van der Waals surface area contributed by atoms with E-state index < -0.39 is 0 Å². The van der Waals surface area contributed by atoms with Gasteiger partial charge in [-0.25, -0.2) is 9.97 Å². The lowest BCUT2D eigenvalue weighted by Crippen LogP contribution is -2.33. The van der Waals surface area contributed by atoms with Gasteiger partial charge in [-0.1, -0.05) is 62.2 Å². The number of benzene rings is 2. The Morgan fingerprint density at radius 3 is 2.69 bits per heavy atom. The number of carbonyl (C=O) groups is 1. The maximum absolute atomic E-state index is 12.8. The second-order valence-electron chi connectivity index (χ2n) is 10.0. The first-order valence-corrected chi connectivity index (χ1v) is 15.0. The molecular formula is C31H35N5OS2. The molecule has 4 aromatic rings. The van der Waals surface area contributed by atoms with Crippen LogP contribution in [-0.4, -0.2) is 33.9 Å². The second kappa shape index (κ2) is 13.2. The first-order valence-electron chi connectivity index (χ1n) is 13.6. The number of piperidine rings is 1. The van der Waals surface area contributed by atoms with Crippen molar-refractivity contribution in [2.24, 2.45) is 5.92 Å². The molecule has 1 amide bonds. The lowest BCUT2D eigenvalue weighted by Gasteiger charge is -2.32. The normalized spacial score (nSPS) is 15.1. The lowest BCUT2D eigenvalue weighted by molar-refractivity contribution is 0.0954. The predicted octanol–water partition coefficient (Wildman–Crippen LogP) is 7.32. The molecule has 0 unspecified atom stereocenters. The Hall–Kier alpha value is -3.20. The molecule has 1 fully saturated rings. The third-order valence-corrected chi connectivity index (χ3v) is 8.65. The molecule has 8 heteroatoms. The van der Waals surface area contributed by atoms with E-state index in [1.54, 1.807) is 6.20 Å². The van der Waals surface area contributed by atoms with Crippen molar-refractivity contribution >= 4 is 41.5 Å². The number of hydrogen-bond acceptors (Lipinski definition) is 7. The zero-order chi connectivity index (χ0) is 27.0. The fraction of sp³-hybridized carbons (Fsp3) is 0.323. The van der Waals surface area contributed by atoms with Gasteiger partial charge in [-0.2, -0.15) is 0 Å². The van der Waals surface area contributed by atoms with Crippen LogP contribution in [0.25, 0.3) is 10.6 Å². The van der Waals surface area contributed by atoms with Crippen molar-refractivity contribution in [3.8, 4) is 10.6 Å². The summed E-state index contributed by atoms with van der Waals surface area (Å²) in [4.78, 5) is 26.0. The third kappa shape index (κ3) is 7.47. The van der Waals surface area contributed by atoms with E-state index in [9.17, 15) is 4.79 Å². The minimum absolute atomic E-state index is 0.158. The van der Waals surface area contributed by atoms with E-state index in [0.29, 0.717) is 10.8 Å². The van der Waals surface area contributed by atoms with E-state index in [1.165, 1.54) is 55.7 Å². The smallest absolute Gasteiger partial charge is 0.262 e. The van der Waals surface area contributed by atoms with Crippen LogP contribution in [-0.2, 0) is 6.54 Å². The molecule has 1 aliphatic rings. The maximum atomic E-state index is 12.8. The summed E-state index contributed by atoms with van der Waals surface area (Å²) in [6.45, 7) is 5.60. The van der Waals surface area contributed by atoms with Gasteiger partial charge >= 0.3 is 0 Å². The topological polar surface area (TPSA) is 70.2 Å². The highest BCUT2D eigenvalue weighted by Crippen LogP contribution is 2.29. The summed E-state index contributed by atoms with van der Waals surface area (Å²) < 4.78 is 0. The molecule has 5 rings (SSSR count). The molecule has 0 saturated carbocycles. The zero-order valence-corrected chi connectivity index (χ0v) is 23.9. The van der Waals surface area contributed by atoms with Crippen LogP contribution in [0.2, 0.25) is 0 Å². The number of carbonyl (C=O) groups excluding carboxylic acids is 1. The van der Waals surface area contributed by atoms with E-state index in [-0.39, 0.29) is 11.3 Å². The largest absolute Gasteiger partial charge is 0.336 e. The first-order chi connectivity index (χ1) is 19.1. The maximum Gasteiger partial charge on any atom is 0.262 e. The van der Waals surface area contributed by atoms with Crippen LogP contribution >= 0.6 is 24.0 Å². The van der Waals surface area contributed by atoms with Crippen LogP contribution < -0.4 is 10.6 Å². The minimum Gasteiger partial charge on any atom is -0.336 e. The summed E-state index contributed by atoms with van der Waals surface area (Å²) in [6, 6.07) is 23.8. The van der Waals surface area contributed by atoms with E-state index in [1.807, 2.05) is 54.6 Å². The Bertz CT molecular complexity index is 1370. The van der Waals surface area contributed by atoms with Gasteiger partial charge in [0.1, 0.15) is 0 Å². The SMILES string of the molecule is CCCC1CCN(Cc2cccc(Nc3nccc(-c4ccc(C(=O)N[C@H](S)c5ccccc5)s4)n3)c2)CC1. The standard InChI is InChI=1S/C31H35N5OS2/c1-2-7-22-15-18-36(19-16-22)21-23-8-6-11-25(20-23)33-31-32-17-14-26(34-31)27-12-13-28(39-27)29(37)35-30(38)24-9-4-3-5-10-24/h3-6,8-14,17,20,22,30,38H,2,7,15-16,18-19,21H2,1H3,(H,35,37)(H,32,33,34)/t30-/m1/s1. The number of thiophene rings is 1. The molecule has 3 heterocycles.